The maximum Gasteiger partial charge on any atom is 0.230 e. The Bertz CT molecular complexity index is 261. The van der Waals surface area contributed by atoms with Gasteiger partial charge in [0.15, 0.2) is 0 Å². The van der Waals surface area contributed by atoms with Crippen molar-refractivity contribution in [1.29, 1.82) is 0 Å². The van der Waals surface area contributed by atoms with Crippen LogP contribution in [0.25, 0.3) is 0 Å². The van der Waals surface area contributed by atoms with Crippen molar-refractivity contribution >= 4 is 5.91 Å². The molecule has 1 atom stereocenters. The van der Waals surface area contributed by atoms with Crippen LogP contribution < -0.4 is 5.73 Å². The third-order valence-electron chi connectivity index (χ3n) is 3.88. The molecule has 1 aliphatic heterocycles. The third-order valence-corrected chi connectivity index (χ3v) is 3.88. The number of carbonyl (C=O) groups excluding carboxylic acids is 1. The van der Waals surface area contributed by atoms with Gasteiger partial charge in [0, 0.05) is 25.7 Å². The second-order valence-corrected chi connectivity index (χ2v) is 5.14. The van der Waals surface area contributed by atoms with Crippen molar-refractivity contribution in [3.8, 4) is 0 Å². The van der Waals surface area contributed by atoms with Crippen LogP contribution in [0.3, 0.4) is 0 Å². The van der Waals surface area contributed by atoms with Crippen LogP contribution in [-0.2, 0) is 4.79 Å². The zero-order valence-electron chi connectivity index (χ0n) is 9.70. The number of nitrogens with two attached hydrogens (primary N) is 1. The Hall–Kier alpha value is -0.610. The molecule has 0 aromatic heterocycles. The molecular formula is C11H21N3O. The zero-order chi connectivity index (χ0) is 11.1. The van der Waals surface area contributed by atoms with Gasteiger partial charge < -0.3 is 15.5 Å². The predicted molar refractivity (Wildman–Crippen MR) is 59.4 cm³/mol. The molecule has 2 fully saturated rings. The summed E-state index contributed by atoms with van der Waals surface area (Å²) in [5.74, 6) is 0.300. The number of hydrogen-bond acceptors (Lipinski definition) is 3. The lowest BCUT2D eigenvalue weighted by molar-refractivity contribution is -0.135. The molecule has 1 aliphatic carbocycles. The molecule has 0 aromatic rings. The van der Waals surface area contributed by atoms with Gasteiger partial charge in [0.2, 0.25) is 5.91 Å². The van der Waals surface area contributed by atoms with Gasteiger partial charge >= 0.3 is 0 Å². The molecule has 1 saturated carbocycles. The first kappa shape index (κ1) is 10.9. The monoisotopic (exact) mass is 211 g/mol. The van der Waals surface area contributed by atoms with Crippen LogP contribution in [0.5, 0.6) is 0 Å². The van der Waals surface area contributed by atoms with Crippen LogP contribution in [0.2, 0.25) is 0 Å². The number of carbonyl (C=O) groups is 1. The second kappa shape index (κ2) is 3.76. The summed E-state index contributed by atoms with van der Waals surface area (Å²) in [5.41, 5.74) is 5.51. The molecule has 1 unspecified atom stereocenters. The largest absolute Gasteiger partial charge is 0.341 e. The first-order chi connectivity index (χ1) is 7.09. The summed E-state index contributed by atoms with van der Waals surface area (Å²) in [6.07, 6.45) is 3.08. The lowest BCUT2D eigenvalue weighted by atomic mass is 10.1. The average Bonchev–Trinajstić information content (AvgIpc) is 2.86. The third kappa shape index (κ3) is 1.88. The highest BCUT2D eigenvalue weighted by molar-refractivity contribution is 5.85. The molecule has 0 bridgehead atoms. The van der Waals surface area contributed by atoms with E-state index in [9.17, 15) is 4.79 Å². The molecule has 4 nitrogen and oxygen atoms in total. The van der Waals surface area contributed by atoms with E-state index < -0.39 is 0 Å². The molecule has 0 spiro atoms. The Balaban J connectivity index is 1.94. The summed E-state index contributed by atoms with van der Waals surface area (Å²) in [6, 6.07) is 0.530. The molecule has 1 saturated heterocycles. The minimum absolute atomic E-state index is 0.165. The zero-order valence-corrected chi connectivity index (χ0v) is 9.70. The molecule has 2 rings (SSSR count). The van der Waals surface area contributed by atoms with E-state index in [2.05, 4.69) is 19.0 Å². The number of likely N-dealkylation sites (tertiary alicyclic amines) is 1. The normalized spacial score (nSPS) is 28.5. The highest BCUT2D eigenvalue weighted by Crippen LogP contribution is 2.46. The Morgan fingerprint density at radius 1 is 1.53 bits per heavy atom. The van der Waals surface area contributed by atoms with Gasteiger partial charge in [-0.15, -0.1) is 0 Å². The average molecular weight is 211 g/mol. The van der Waals surface area contributed by atoms with E-state index in [1.54, 1.807) is 0 Å². The van der Waals surface area contributed by atoms with Gasteiger partial charge in [0.1, 0.15) is 0 Å². The number of nitrogens with zero attached hydrogens (tertiary/aromatic N) is 2. The Morgan fingerprint density at radius 2 is 2.20 bits per heavy atom. The first-order valence-corrected chi connectivity index (χ1v) is 5.75. The van der Waals surface area contributed by atoms with Crippen LogP contribution in [0.4, 0.5) is 0 Å². The van der Waals surface area contributed by atoms with Crippen LogP contribution in [0.1, 0.15) is 19.3 Å². The van der Waals surface area contributed by atoms with E-state index in [1.807, 2.05) is 4.90 Å². The SMILES string of the molecule is CN(C)C1CCN(C(=O)C2(CN)CC2)C1. The van der Waals surface area contributed by atoms with Crippen LogP contribution >= 0.6 is 0 Å². The van der Waals surface area contributed by atoms with E-state index >= 15 is 0 Å². The van der Waals surface area contributed by atoms with Crippen molar-refractivity contribution in [3.05, 3.63) is 0 Å². The molecular weight excluding hydrogens is 190 g/mol. The summed E-state index contributed by atoms with van der Waals surface area (Å²) >= 11 is 0. The highest BCUT2D eigenvalue weighted by Gasteiger charge is 2.51. The number of rotatable bonds is 3. The van der Waals surface area contributed by atoms with Gasteiger partial charge in [-0.25, -0.2) is 0 Å². The fraction of sp³-hybridized carbons (Fsp3) is 0.909. The fourth-order valence-electron chi connectivity index (χ4n) is 2.34. The van der Waals surface area contributed by atoms with Gasteiger partial charge in [-0.3, -0.25) is 4.79 Å². The highest BCUT2D eigenvalue weighted by atomic mass is 16.2. The van der Waals surface area contributed by atoms with E-state index in [-0.39, 0.29) is 5.41 Å². The summed E-state index contributed by atoms with van der Waals surface area (Å²) < 4.78 is 0. The molecule has 1 heterocycles. The van der Waals surface area contributed by atoms with Gasteiger partial charge in [0.25, 0.3) is 0 Å². The number of amides is 1. The molecule has 86 valence electrons. The minimum Gasteiger partial charge on any atom is -0.341 e. The number of hydrogen-bond donors (Lipinski definition) is 1. The molecule has 4 heteroatoms. The van der Waals surface area contributed by atoms with E-state index in [4.69, 9.17) is 5.73 Å². The molecule has 0 aromatic carbocycles. The summed E-state index contributed by atoms with van der Waals surface area (Å²) in [5, 5.41) is 0. The van der Waals surface area contributed by atoms with Crippen molar-refractivity contribution in [2.45, 2.75) is 25.3 Å². The van der Waals surface area contributed by atoms with Gasteiger partial charge in [0.05, 0.1) is 5.41 Å². The fourth-order valence-corrected chi connectivity index (χ4v) is 2.34. The van der Waals surface area contributed by atoms with E-state index in [0.29, 0.717) is 18.5 Å². The summed E-state index contributed by atoms with van der Waals surface area (Å²) in [4.78, 5) is 16.4. The Labute approximate surface area is 91.4 Å². The van der Waals surface area contributed by atoms with Crippen LogP contribution in [0.15, 0.2) is 0 Å². The number of likely N-dealkylation sites (N-methyl/N-ethyl adjacent to an activating group) is 1. The lowest BCUT2D eigenvalue weighted by Gasteiger charge is -2.23. The molecule has 2 N–H and O–H groups in total. The maximum absolute atomic E-state index is 12.2. The first-order valence-electron chi connectivity index (χ1n) is 5.75. The van der Waals surface area contributed by atoms with E-state index in [1.165, 1.54) is 0 Å². The van der Waals surface area contributed by atoms with Gasteiger partial charge in [-0.05, 0) is 33.4 Å². The van der Waals surface area contributed by atoms with Crippen molar-refractivity contribution in [2.24, 2.45) is 11.1 Å². The van der Waals surface area contributed by atoms with Crippen molar-refractivity contribution in [3.63, 3.8) is 0 Å². The van der Waals surface area contributed by atoms with Crippen molar-refractivity contribution in [1.82, 2.24) is 9.80 Å². The molecule has 15 heavy (non-hydrogen) atoms. The Kier molecular flexibility index (Phi) is 2.73. The van der Waals surface area contributed by atoms with Crippen molar-refractivity contribution < 1.29 is 4.79 Å². The quantitative estimate of drug-likeness (QED) is 0.708. The van der Waals surface area contributed by atoms with Crippen LogP contribution in [-0.4, -0.2) is 55.5 Å². The standard InChI is InChI=1S/C11H21N3O/c1-13(2)9-3-6-14(7-9)10(15)11(8-12)4-5-11/h9H,3-8,12H2,1-2H3. The van der Waals surface area contributed by atoms with Gasteiger partial charge in [-0.2, -0.15) is 0 Å². The summed E-state index contributed by atoms with van der Waals surface area (Å²) in [7, 11) is 4.16. The predicted octanol–water partition coefficient (Wildman–Crippen LogP) is -0.112. The lowest BCUT2D eigenvalue weighted by Crippen LogP contribution is -2.41. The molecule has 2 aliphatic rings. The minimum atomic E-state index is -0.165. The maximum atomic E-state index is 12.2. The Morgan fingerprint density at radius 3 is 2.60 bits per heavy atom. The second-order valence-electron chi connectivity index (χ2n) is 5.14. The smallest absolute Gasteiger partial charge is 0.230 e. The summed E-state index contributed by atoms with van der Waals surface area (Å²) in [6.45, 7) is 2.31. The molecule has 1 amide bonds. The van der Waals surface area contributed by atoms with Crippen molar-refractivity contribution in [2.75, 3.05) is 33.7 Å². The van der Waals surface area contributed by atoms with Gasteiger partial charge in [-0.1, -0.05) is 0 Å². The van der Waals surface area contributed by atoms with E-state index in [0.717, 1.165) is 32.4 Å². The van der Waals surface area contributed by atoms with Crippen LogP contribution in [0, 0.1) is 5.41 Å². The molecule has 0 radical (unpaired) electrons. The topological polar surface area (TPSA) is 49.6 Å².